The number of amides is 1. The zero-order valence-corrected chi connectivity index (χ0v) is 10.4. The van der Waals surface area contributed by atoms with Gasteiger partial charge in [-0.3, -0.25) is 0 Å². The fraction of sp³-hybridized carbons (Fsp3) is 0.909. The summed E-state index contributed by atoms with van der Waals surface area (Å²) < 4.78 is 10.4. The van der Waals surface area contributed by atoms with Crippen LogP contribution in [-0.2, 0) is 9.47 Å². The van der Waals surface area contributed by atoms with E-state index in [0.717, 1.165) is 6.42 Å². The Morgan fingerprint density at radius 1 is 1.33 bits per heavy atom. The number of rotatable bonds is 5. The molecule has 0 unspecified atom stereocenters. The minimum atomic E-state index is -0.432. The third-order valence-electron chi connectivity index (χ3n) is 1.44. The molecule has 15 heavy (non-hydrogen) atoms. The second kappa shape index (κ2) is 6.67. The van der Waals surface area contributed by atoms with Crippen LogP contribution in [0.1, 0.15) is 41.0 Å². The quantitative estimate of drug-likeness (QED) is 0.719. The van der Waals surface area contributed by atoms with E-state index < -0.39 is 5.60 Å². The van der Waals surface area contributed by atoms with Gasteiger partial charge < -0.3 is 14.8 Å². The van der Waals surface area contributed by atoms with Gasteiger partial charge in [-0.05, 0) is 41.0 Å². The maximum atomic E-state index is 11.2. The first kappa shape index (κ1) is 14.2. The number of nitrogens with one attached hydrogen (secondary N) is 1. The van der Waals surface area contributed by atoms with Crippen LogP contribution < -0.4 is 5.32 Å². The van der Waals surface area contributed by atoms with Gasteiger partial charge in [-0.25, -0.2) is 4.79 Å². The fourth-order valence-electron chi connectivity index (χ4n) is 0.896. The Morgan fingerprint density at radius 3 is 2.40 bits per heavy atom. The largest absolute Gasteiger partial charge is 0.444 e. The van der Waals surface area contributed by atoms with Gasteiger partial charge in [-0.15, -0.1) is 0 Å². The van der Waals surface area contributed by atoms with Crippen molar-refractivity contribution in [3.8, 4) is 0 Å². The van der Waals surface area contributed by atoms with E-state index in [-0.39, 0.29) is 12.2 Å². The Hall–Kier alpha value is -0.770. The second-order valence-corrected chi connectivity index (χ2v) is 4.70. The van der Waals surface area contributed by atoms with Crippen molar-refractivity contribution < 1.29 is 14.3 Å². The van der Waals surface area contributed by atoms with E-state index in [1.54, 1.807) is 0 Å². The van der Waals surface area contributed by atoms with E-state index in [4.69, 9.17) is 9.47 Å². The van der Waals surface area contributed by atoms with Crippen molar-refractivity contribution in [1.29, 1.82) is 0 Å². The lowest BCUT2D eigenvalue weighted by Crippen LogP contribution is -2.33. The van der Waals surface area contributed by atoms with Crippen LogP contribution >= 0.6 is 0 Å². The third-order valence-corrected chi connectivity index (χ3v) is 1.44. The zero-order chi connectivity index (χ0) is 11.9. The summed E-state index contributed by atoms with van der Waals surface area (Å²) in [5, 5.41) is 2.67. The molecule has 0 aliphatic rings. The van der Waals surface area contributed by atoms with E-state index in [1.807, 2.05) is 34.6 Å². The van der Waals surface area contributed by atoms with E-state index >= 15 is 0 Å². The summed E-state index contributed by atoms with van der Waals surface area (Å²) in [5.41, 5.74) is -0.432. The number of ether oxygens (including phenoxy) is 2. The highest BCUT2D eigenvalue weighted by atomic mass is 16.6. The summed E-state index contributed by atoms with van der Waals surface area (Å²) in [4.78, 5) is 11.2. The zero-order valence-electron chi connectivity index (χ0n) is 10.4. The molecule has 0 saturated carbocycles. The summed E-state index contributed by atoms with van der Waals surface area (Å²) >= 11 is 0. The van der Waals surface area contributed by atoms with Crippen molar-refractivity contribution in [2.75, 3.05) is 13.2 Å². The molecule has 0 radical (unpaired) electrons. The van der Waals surface area contributed by atoms with Crippen LogP contribution in [0.5, 0.6) is 0 Å². The van der Waals surface area contributed by atoms with Gasteiger partial charge in [0.15, 0.2) is 0 Å². The number of hydrogen-bond acceptors (Lipinski definition) is 3. The van der Waals surface area contributed by atoms with Gasteiger partial charge in [0, 0.05) is 13.2 Å². The van der Waals surface area contributed by atoms with Crippen LogP contribution in [0.25, 0.3) is 0 Å². The van der Waals surface area contributed by atoms with Gasteiger partial charge in [0.2, 0.25) is 0 Å². The Morgan fingerprint density at radius 2 is 1.93 bits per heavy atom. The van der Waals surface area contributed by atoms with Crippen molar-refractivity contribution in [2.24, 2.45) is 0 Å². The predicted octanol–water partition coefficient (Wildman–Crippen LogP) is 2.33. The van der Waals surface area contributed by atoms with E-state index in [2.05, 4.69) is 5.32 Å². The molecule has 0 aromatic rings. The molecule has 0 aromatic heterocycles. The molecule has 0 aromatic carbocycles. The maximum Gasteiger partial charge on any atom is 0.407 e. The molecule has 90 valence electrons. The minimum Gasteiger partial charge on any atom is -0.444 e. The maximum absolute atomic E-state index is 11.2. The van der Waals surface area contributed by atoms with Crippen LogP contribution in [0.4, 0.5) is 4.79 Å². The van der Waals surface area contributed by atoms with E-state index in [0.29, 0.717) is 13.2 Å². The molecule has 0 atom stereocenters. The topological polar surface area (TPSA) is 47.6 Å². The van der Waals surface area contributed by atoms with Crippen molar-refractivity contribution in [3.63, 3.8) is 0 Å². The smallest absolute Gasteiger partial charge is 0.407 e. The number of carbonyl (C=O) groups excluding carboxylic acids is 1. The van der Waals surface area contributed by atoms with Crippen LogP contribution in [0.3, 0.4) is 0 Å². The lowest BCUT2D eigenvalue weighted by atomic mass is 10.2. The van der Waals surface area contributed by atoms with Crippen LogP contribution in [0.2, 0.25) is 0 Å². The van der Waals surface area contributed by atoms with Crippen LogP contribution in [0, 0.1) is 0 Å². The molecule has 1 N–H and O–H groups in total. The predicted molar refractivity (Wildman–Crippen MR) is 59.9 cm³/mol. The van der Waals surface area contributed by atoms with Crippen LogP contribution in [-0.4, -0.2) is 30.9 Å². The molecule has 4 heteroatoms. The van der Waals surface area contributed by atoms with Crippen LogP contribution in [0.15, 0.2) is 0 Å². The monoisotopic (exact) mass is 217 g/mol. The van der Waals surface area contributed by atoms with E-state index in [1.165, 1.54) is 0 Å². The summed E-state index contributed by atoms with van der Waals surface area (Å²) in [6, 6.07) is 0. The average Bonchev–Trinajstić information content (AvgIpc) is 1.99. The number of carbonyl (C=O) groups is 1. The van der Waals surface area contributed by atoms with Crippen molar-refractivity contribution >= 4 is 6.09 Å². The summed E-state index contributed by atoms with van der Waals surface area (Å²) in [5.74, 6) is 0. The number of alkyl carbamates (subject to hydrolysis) is 1. The Bertz CT molecular complexity index is 185. The average molecular weight is 217 g/mol. The highest BCUT2D eigenvalue weighted by Gasteiger charge is 2.15. The van der Waals surface area contributed by atoms with E-state index in [9.17, 15) is 4.79 Å². The van der Waals surface area contributed by atoms with Gasteiger partial charge >= 0.3 is 6.09 Å². The molecular weight excluding hydrogens is 194 g/mol. The first-order valence-corrected chi connectivity index (χ1v) is 5.40. The molecule has 4 nitrogen and oxygen atoms in total. The highest BCUT2D eigenvalue weighted by molar-refractivity contribution is 5.67. The van der Waals surface area contributed by atoms with Gasteiger partial charge in [-0.2, -0.15) is 0 Å². The lowest BCUT2D eigenvalue weighted by molar-refractivity contribution is 0.0506. The van der Waals surface area contributed by atoms with Gasteiger partial charge in [0.05, 0.1) is 6.10 Å². The first-order valence-electron chi connectivity index (χ1n) is 5.40. The molecule has 0 fully saturated rings. The van der Waals surface area contributed by atoms with Gasteiger partial charge in [-0.1, -0.05) is 0 Å². The molecule has 1 amide bonds. The molecule has 0 spiro atoms. The Labute approximate surface area is 92.3 Å². The summed E-state index contributed by atoms with van der Waals surface area (Å²) in [6.07, 6.45) is 0.677. The summed E-state index contributed by atoms with van der Waals surface area (Å²) in [7, 11) is 0. The lowest BCUT2D eigenvalue weighted by Gasteiger charge is -2.19. The molecule has 0 bridgehead atoms. The van der Waals surface area contributed by atoms with Crippen molar-refractivity contribution in [3.05, 3.63) is 0 Å². The molecule has 0 aliphatic heterocycles. The third kappa shape index (κ3) is 11.2. The standard InChI is InChI=1S/C11H23NO3/c1-9(2)14-8-6-7-12-10(13)15-11(3,4)5/h9H,6-8H2,1-5H3,(H,12,13). The van der Waals surface area contributed by atoms with Gasteiger partial charge in [0.1, 0.15) is 5.60 Å². The number of hydrogen-bond donors (Lipinski definition) is 1. The SMILES string of the molecule is CC(C)OCCCNC(=O)OC(C)(C)C. The fourth-order valence-corrected chi connectivity index (χ4v) is 0.896. The Balaban J connectivity index is 3.40. The molecule has 0 aliphatic carbocycles. The first-order chi connectivity index (χ1) is 6.81. The minimum absolute atomic E-state index is 0.242. The van der Waals surface area contributed by atoms with Crippen molar-refractivity contribution in [2.45, 2.75) is 52.7 Å². The van der Waals surface area contributed by atoms with Crippen molar-refractivity contribution in [1.82, 2.24) is 5.32 Å². The molecule has 0 heterocycles. The highest BCUT2D eigenvalue weighted by Crippen LogP contribution is 2.06. The Kier molecular flexibility index (Phi) is 6.32. The molecule has 0 rings (SSSR count). The summed E-state index contributed by atoms with van der Waals surface area (Å²) in [6.45, 7) is 10.7. The molecule has 0 saturated heterocycles. The van der Waals surface area contributed by atoms with Gasteiger partial charge in [0.25, 0.3) is 0 Å². The molecular formula is C11H23NO3. The second-order valence-electron chi connectivity index (χ2n) is 4.70. The normalized spacial score (nSPS) is 11.6.